The molecule has 1 saturated heterocycles. The lowest BCUT2D eigenvalue weighted by Crippen LogP contribution is -2.28. The Labute approximate surface area is 103 Å². The molecule has 1 heterocycles. The lowest BCUT2D eigenvalue weighted by atomic mass is 10.1. The van der Waals surface area contributed by atoms with Crippen LogP contribution in [-0.4, -0.2) is 26.3 Å². The second-order valence-corrected chi connectivity index (χ2v) is 4.63. The Morgan fingerprint density at radius 2 is 2.35 bits per heavy atom. The van der Waals surface area contributed by atoms with Crippen LogP contribution in [-0.2, 0) is 4.74 Å². The summed E-state index contributed by atoms with van der Waals surface area (Å²) in [5, 5.41) is 8.89. The van der Waals surface area contributed by atoms with Crippen LogP contribution >= 0.6 is 0 Å². The van der Waals surface area contributed by atoms with Crippen molar-refractivity contribution in [1.82, 2.24) is 0 Å². The van der Waals surface area contributed by atoms with Gasteiger partial charge in [0.25, 0.3) is 0 Å². The van der Waals surface area contributed by atoms with Crippen LogP contribution in [0.5, 0.6) is 0 Å². The van der Waals surface area contributed by atoms with Gasteiger partial charge in [0.2, 0.25) is 0 Å². The van der Waals surface area contributed by atoms with Crippen molar-refractivity contribution >= 4 is 5.69 Å². The maximum atomic E-state index is 8.89. The molecular formula is C14H18N2O. The average Bonchev–Trinajstić information content (AvgIpc) is 2.81. The Kier molecular flexibility index (Phi) is 3.65. The van der Waals surface area contributed by atoms with Gasteiger partial charge in [-0.05, 0) is 43.5 Å². The Balaban J connectivity index is 2.06. The average molecular weight is 230 g/mol. The number of hydrogen-bond acceptors (Lipinski definition) is 3. The van der Waals surface area contributed by atoms with Gasteiger partial charge in [0, 0.05) is 25.9 Å². The number of hydrogen-bond donors (Lipinski definition) is 0. The van der Waals surface area contributed by atoms with E-state index in [2.05, 4.69) is 24.1 Å². The van der Waals surface area contributed by atoms with Crippen LogP contribution in [0.2, 0.25) is 0 Å². The van der Waals surface area contributed by atoms with Gasteiger partial charge in [-0.1, -0.05) is 0 Å². The molecule has 1 aromatic carbocycles. The van der Waals surface area contributed by atoms with E-state index in [0.717, 1.165) is 36.4 Å². The molecule has 0 spiro atoms. The van der Waals surface area contributed by atoms with Gasteiger partial charge in [-0.15, -0.1) is 0 Å². The third kappa shape index (κ3) is 2.78. The summed E-state index contributed by atoms with van der Waals surface area (Å²) in [5.74, 6) is 0. The highest BCUT2D eigenvalue weighted by Gasteiger charge is 2.17. The van der Waals surface area contributed by atoms with Crippen LogP contribution in [0.15, 0.2) is 18.2 Å². The first-order valence-electron chi connectivity index (χ1n) is 6.04. The van der Waals surface area contributed by atoms with Gasteiger partial charge in [0.15, 0.2) is 0 Å². The number of nitriles is 1. The van der Waals surface area contributed by atoms with Crippen molar-refractivity contribution in [2.24, 2.45) is 0 Å². The van der Waals surface area contributed by atoms with E-state index in [-0.39, 0.29) is 0 Å². The van der Waals surface area contributed by atoms with Crippen LogP contribution in [0.4, 0.5) is 5.69 Å². The molecule has 1 aliphatic rings. The number of rotatable bonds is 3. The number of aryl methyl sites for hydroxylation is 1. The highest BCUT2D eigenvalue weighted by molar-refractivity contribution is 5.53. The minimum Gasteiger partial charge on any atom is -0.376 e. The maximum absolute atomic E-state index is 8.89. The van der Waals surface area contributed by atoms with Gasteiger partial charge in [0.1, 0.15) is 0 Å². The Morgan fingerprint density at radius 1 is 1.53 bits per heavy atom. The summed E-state index contributed by atoms with van der Waals surface area (Å²) in [6, 6.07) is 8.14. The van der Waals surface area contributed by atoms with Gasteiger partial charge < -0.3 is 9.64 Å². The molecule has 0 aliphatic carbocycles. The van der Waals surface area contributed by atoms with Crippen molar-refractivity contribution in [3.05, 3.63) is 29.3 Å². The summed E-state index contributed by atoms with van der Waals surface area (Å²) in [4.78, 5) is 2.20. The molecule has 1 fully saturated rings. The Morgan fingerprint density at radius 3 is 2.94 bits per heavy atom. The third-order valence-electron chi connectivity index (χ3n) is 3.27. The number of likely N-dealkylation sites (N-methyl/N-ethyl adjacent to an activating group) is 1. The molecule has 0 aromatic heterocycles. The molecule has 0 bridgehead atoms. The predicted molar refractivity (Wildman–Crippen MR) is 68.1 cm³/mol. The van der Waals surface area contributed by atoms with Crippen LogP contribution in [0, 0.1) is 18.3 Å². The summed E-state index contributed by atoms with van der Waals surface area (Å²) in [6.45, 7) is 3.79. The maximum Gasteiger partial charge on any atom is 0.0994 e. The van der Waals surface area contributed by atoms with Crippen LogP contribution < -0.4 is 4.90 Å². The molecular weight excluding hydrogens is 212 g/mol. The summed E-state index contributed by atoms with van der Waals surface area (Å²) >= 11 is 0. The van der Waals surface area contributed by atoms with Crippen molar-refractivity contribution in [1.29, 1.82) is 5.26 Å². The molecule has 0 saturated carbocycles. The van der Waals surface area contributed by atoms with Gasteiger partial charge >= 0.3 is 0 Å². The van der Waals surface area contributed by atoms with Crippen molar-refractivity contribution < 1.29 is 4.74 Å². The highest BCUT2D eigenvalue weighted by atomic mass is 16.5. The molecule has 17 heavy (non-hydrogen) atoms. The smallest absolute Gasteiger partial charge is 0.0994 e. The summed E-state index contributed by atoms with van der Waals surface area (Å²) < 4.78 is 5.63. The zero-order chi connectivity index (χ0) is 12.3. The standard InChI is InChI=1S/C14H18N2O/c1-11-8-13(6-5-12(11)9-15)16(2)10-14-4-3-7-17-14/h5-6,8,14H,3-4,7,10H2,1-2H3. The quantitative estimate of drug-likeness (QED) is 0.800. The second-order valence-electron chi connectivity index (χ2n) is 4.63. The first-order valence-corrected chi connectivity index (χ1v) is 6.04. The normalized spacial score (nSPS) is 19.0. The number of anilines is 1. The Hall–Kier alpha value is -1.53. The molecule has 0 amide bonds. The van der Waals surface area contributed by atoms with E-state index in [1.165, 1.54) is 6.42 Å². The molecule has 1 atom stereocenters. The van der Waals surface area contributed by atoms with Crippen LogP contribution in [0.3, 0.4) is 0 Å². The van der Waals surface area contributed by atoms with E-state index in [1.807, 2.05) is 19.1 Å². The number of ether oxygens (including phenoxy) is 1. The fourth-order valence-corrected chi connectivity index (χ4v) is 2.21. The lowest BCUT2D eigenvalue weighted by Gasteiger charge is -2.23. The minimum atomic E-state index is 0.357. The molecule has 0 radical (unpaired) electrons. The molecule has 2 rings (SSSR count). The highest BCUT2D eigenvalue weighted by Crippen LogP contribution is 2.20. The zero-order valence-corrected chi connectivity index (χ0v) is 10.4. The topological polar surface area (TPSA) is 36.3 Å². The van der Waals surface area contributed by atoms with Gasteiger partial charge in [-0.2, -0.15) is 5.26 Å². The van der Waals surface area contributed by atoms with Gasteiger partial charge in [0.05, 0.1) is 17.7 Å². The van der Waals surface area contributed by atoms with E-state index in [1.54, 1.807) is 0 Å². The minimum absolute atomic E-state index is 0.357. The molecule has 1 aromatic rings. The van der Waals surface area contributed by atoms with Crippen molar-refractivity contribution in [3.63, 3.8) is 0 Å². The van der Waals surface area contributed by atoms with E-state index in [4.69, 9.17) is 10.00 Å². The van der Waals surface area contributed by atoms with E-state index in [0.29, 0.717) is 6.10 Å². The van der Waals surface area contributed by atoms with Crippen LogP contribution in [0.25, 0.3) is 0 Å². The second kappa shape index (κ2) is 5.20. The SMILES string of the molecule is Cc1cc(N(C)CC2CCCO2)ccc1C#N. The first kappa shape index (κ1) is 11.9. The van der Waals surface area contributed by atoms with Gasteiger partial charge in [-0.3, -0.25) is 0 Å². The monoisotopic (exact) mass is 230 g/mol. The molecule has 1 aliphatic heterocycles. The fraction of sp³-hybridized carbons (Fsp3) is 0.500. The van der Waals surface area contributed by atoms with Crippen molar-refractivity contribution in [2.75, 3.05) is 25.1 Å². The number of benzene rings is 1. The fourth-order valence-electron chi connectivity index (χ4n) is 2.21. The summed E-state index contributed by atoms with van der Waals surface area (Å²) in [5.41, 5.74) is 2.93. The molecule has 90 valence electrons. The van der Waals surface area contributed by atoms with E-state index in [9.17, 15) is 0 Å². The summed E-state index contributed by atoms with van der Waals surface area (Å²) in [7, 11) is 2.07. The van der Waals surface area contributed by atoms with Crippen molar-refractivity contribution in [2.45, 2.75) is 25.9 Å². The lowest BCUT2D eigenvalue weighted by molar-refractivity contribution is 0.116. The molecule has 1 unspecified atom stereocenters. The van der Waals surface area contributed by atoms with Crippen molar-refractivity contribution in [3.8, 4) is 6.07 Å². The largest absolute Gasteiger partial charge is 0.376 e. The van der Waals surface area contributed by atoms with Gasteiger partial charge in [-0.25, -0.2) is 0 Å². The first-order chi connectivity index (χ1) is 8.20. The molecule has 0 N–H and O–H groups in total. The van der Waals surface area contributed by atoms with E-state index >= 15 is 0 Å². The van der Waals surface area contributed by atoms with Crippen LogP contribution in [0.1, 0.15) is 24.0 Å². The predicted octanol–water partition coefficient (Wildman–Crippen LogP) is 2.48. The Bertz CT molecular complexity index is 430. The zero-order valence-electron chi connectivity index (χ0n) is 10.4. The molecule has 3 heteroatoms. The number of nitrogens with zero attached hydrogens (tertiary/aromatic N) is 2. The summed E-state index contributed by atoms with van der Waals surface area (Å²) in [6.07, 6.45) is 2.68. The van der Waals surface area contributed by atoms with E-state index < -0.39 is 0 Å². The third-order valence-corrected chi connectivity index (χ3v) is 3.27. The molecule has 3 nitrogen and oxygen atoms in total.